The van der Waals surface area contributed by atoms with Crippen molar-refractivity contribution in [2.24, 2.45) is 5.92 Å². The fourth-order valence-electron chi connectivity index (χ4n) is 4.00. The zero-order valence-electron chi connectivity index (χ0n) is 17.5. The Balaban J connectivity index is 1.57. The monoisotopic (exact) mass is 427 g/mol. The van der Waals surface area contributed by atoms with Gasteiger partial charge in [0.15, 0.2) is 11.6 Å². The number of benzene rings is 2. The third-order valence-electron chi connectivity index (χ3n) is 5.78. The molecule has 1 saturated carbocycles. The molecule has 3 rings (SSSR count). The molecule has 0 radical (unpaired) electrons. The standard InChI is InChI=1S/C24H27F2N3O2/c1-31-20-9-7-17(8-10-20)24(30)29-23-5-3-2-4-18(23)15-28-19(14-27)12-16-6-11-21(25)22(26)13-16/h6-11,13,18-19,23,28H,2-5,12,15H2,1H3,(H,29,30)/t18?,19-,23?/m0/s1. The van der Waals surface area contributed by atoms with E-state index in [1.54, 1.807) is 31.4 Å². The van der Waals surface area contributed by atoms with Crippen LogP contribution in [0.2, 0.25) is 0 Å². The summed E-state index contributed by atoms with van der Waals surface area (Å²) in [6.07, 6.45) is 4.23. The fraction of sp³-hybridized carbons (Fsp3) is 0.417. The maximum absolute atomic E-state index is 13.4. The van der Waals surface area contributed by atoms with E-state index in [0.717, 1.165) is 37.8 Å². The Bertz CT molecular complexity index is 927. The van der Waals surface area contributed by atoms with Gasteiger partial charge in [-0.2, -0.15) is 5.26 Å². The number of amides is 1. The van der Waals surface area contributed by atoms with E-state index in [4.69, 9.17) is 4.74 Å². The Morgan fingerprint density at radius 2 is 1.90 bits per heavy atom. The molecule has 0 bridgehead atoms. The van der Waals surface area contributed by atoms with Crippen LogP contribution in [0.25, 0.3) is 0 Å². The Hall–Kier alpha value is -2.98. The van der Waals surface area contributed by atoms with E-state index in [1.807, 2.05) is 0 Å². The third kappa shape index (κ3) is 6.25. The van der Waals surface area contributed by atoms with Gasteiger partial charge in [0.25, 0.3) is 5.91 Å². The van der Waals surface area contributed by atoms with Gasteiger partial charge in [0.2, 0.25) is 0 Å². The minimum Gasteiger partial charge on any atom is -0.497 e. The molecule has 1 amide bonds. The lowest BCUT2D eigenvalue weighted by atomic mass is 9.84. The van der Waals surface area contributed by atoms with Crippen LogP contribution in [0.5, 0.6) is 5.75 Å². The molecule has 0 saturated heterocycles. The molecule has 0 heterocycles. The van der Waals surface area contributed by atoms with E-state index in [-0.39, 0.29) is 24.3 Å². The zero-order chi connectivity index (χ0) is 22.2. The van der Waals surface area contributed by atoms with Crippen molar-refractivity contribution in [2.45, 2.75) is 44.2 Å². The normalized spacial score (nSPS) is 19.3. The highest BCUT2D eigenvalue weighted by Gasteiger charge is 2.27. The summed E-state index contributed by atoms with van der Waals surface area (Å²) in [6, 6.07) is 12.3. The van der Waals surface area contributed by atoms with Gasteiger partial charge in [-0.05, 0) is 60.7 Å². The molecular formula is C24H27F2N3O2. The Labute approximate surface area is 181 Å². The number of rotatable bonds is 8. The van der Waals surface area contributed by atoms with Gasteiger partial charge in [-0.25, -0.2) is 8.78 Å². The number of nitrogens with one attached hydrogen (secondary N) is 2. The molecule has 2 aromatic rings. The molecule has 1 aliphatic carbocycles. The van der Waals surface area contributed by atoms with Crippen molar-refractivity contribution in [3.05, 3.63) is 65.2 Å². The van der Waals surface area contributed by atoms with Crippen LogP contribution in [0, 0.1) is 28.9 Å². The second-order valence-corrected chi connectivity index (χ2v) is 7.90. The average Bonchev–Trinajstić information content (AvgIpc) is 2.79. The summed E-state index contributed by atoms with van der Waals surface area (Å²) in [4.78, 5) is 12.7. The highest BCUT2D eigenvalue weighted by atomic mass is 19.2. The van der Waals surface area contributed by atoms with Crippen molar-refractivity contribution in [3.8, 4) is 11.8 Å². The summed E-state index contributed by atoms with van der Waals surface area (Å²) in [5.41, 5.74) is 1.14. The van der Waals surface area contributed by atoms with Crippen molar-refractivity contribution in [1.29, 1.82) is 5.26 Å². The van der Waals surface area contributed by atoms with Crippen molar-refractivity contribution in [3.63, 3.8) is 0 Å². The van der Waals surface area contributed by atoms with Crippen molar-refractivity contribution >= 4 is 5.91 Å². The summed E-state index contributed by atoms with van der Waals surface area (Å²) in [6.45, 7) is 0.565. The topological polar surface area (TPSA) is 74.2 Å². The molecular weight excluding hydrogens is 400 g/mol. The molecule has 164 valence electrons. The average molecular weight is 427 g/mol. The van der Waals surface area contributed by atoms with Gasteiger partial charge in [-0.15, -0.1) is 0 Å². The molecule has 7 heteroatoms. The minimum absolute atomic E-state index is 0.0125. The van der Waals surface area contributed by atoms with Crippen LogP contribution in [0.15, 0.2) is 42.5 Å². The van der Waals surface area contributed by atoms with E-state index in [1.165, 1.54) is 6.07 Å². The molecule has 2 unspecified atom stereocenters. The fourth-order valence-corrected chi connectivity index (χ4v) is 4.00. The maximum Gasteiger partial charge on any atom is 0.251 e. The van der Waals surface area contributed by atoms with Crippen LogP contribution in [0.3, 0.4) is 0 Å². The smallest absolute Gasteiger partial charge is 0.251 e. The summed E-state index contributed by atoms with van der Waals surface area (Å²) in [7, 11) is 1.58. The van der Waals surface area contributed by atoms with Gasteiger partial charge >= 0.3 is 0 Å². The first-order valence-corrected chi connectivity index (χ1v) is 10.5. The van der Waals surface area contributed by atoms with E-state index >= 15 is 0 Å². The van der Waals surface area contributed by atoms with Crippen LogP contribution in [-0.4, -0.2) is 31.6 Å². The SMILES string of the molecule is COc1ccc(C(=O)NC2CCCCC2CN[C@H](C#N)Cc2ccc(F)c(F)c2)cc1. The number of halogens is 2. The lowest BCUT2D eigenvalue weighted by Crippen LogP contribution is -2.47. The van der Waals surface area contributed by atoms with Crippen LogP contribution in [0.4, 0.5) is 8.78 Å². The molecule has 2 N–H and O–H groups in total. The molecule has 5 nitrogen and oxygen atoms in total. The van der Waals surface area contributed by atoms with E-state index < -0.39 is 17.7 Å². The first-order valence-electron chi connectivity index (χ1n) is 10.5. The summed E-state index contributed by atoms with van der Waals surface area (Å²) < 4.78 is 31.7. The highest BCUT2D eigenvalue weighted by Crippen LogP contribution is 2.25. The van der Waals surface area contributed by atoms with E-state index in [0.29, 0.717) is 23.4 Å². The van der Waals surface area contributed by atoms with Gasteiger partial charge in [-0.1, -0.05) is 18.9 Å². The van der Waals surface area contributed by atoms with Crippen LogP contribution < -0.4 is 15.4 Å². The predicted octanol–water partition coefficient (Wildman–Crippen LogP) is 3.99. The van der Waals surface area contributed by atoms with E-state index in [2.05, 4.69) is 16.7 Å². The van der Waals surface area contributed by atoms with Gasteiger partial charge in [-0.3, -0.25) is 4.79 Å². The number of hydrogen-bond acceptors (Lipinski definition) is 4. The molecule has 3 atom stereocenters. The second kappa shape index (κ2) is 10.9. The molecule has 1 fully saturated rings. The molecule has 0 spiro atoms. The lowest BCUT2D eigenvalue weighted by molar-refractivity contribution is 0.0905. The third-order valence-corrected chi connectivity index (χ3v) is 5.78. The Morgan fingerprint density at radius 1 is 1.16 bits per heavy atom. The Kier molecular flexibility index (Phi) is 7.96. The molecule has 0 aliphatic heterocycles. The summed E-state index contributed by atoms with van der Waals surface area (Å²) >= 11 is 0. The number of nitriles is 1. The van der Waals surface area contributed by atoms with Crippen LogP contribution in [-0.2, 0) is 6.42 Å². The molecule has 2 aromatic carbocycles. The summed E-state index contributed by atoms with van der Waals surface area (Å²) in [5.74, 6) is -1.06. The minimum atomic E-state index is -0.914. The van der Waals surface area contributed by atoms with Gasteiger partial charge in [0.05, 0.1) is 19.2 Å². The zero-order valence-corrected chi connectivity index (χ0v) is 17.5. The number of carbonyl (C=O) groups excluding carboxylic acids is 1. The number of hydrogen-bond donors (Lipinski definition) is 2. The van der Waals surface area contributed by atoms with Crippen LogP contribution in [0.1, 0.15) is 41.6 Å². The van der Waals surface area contributed by atoms with Gasteiger partial charge in [0, 0.05) is 24.6 Å². The quantitative estimate of drug-likeness (QED) is 0.668. The number of nitrogens with zero attached hydrogens (tertiary/aromatic N) is 1. The Morgan fingerprint density at radius 3 is 2.58 bits per heavy atom. The van der Waals surface area contributed by atoms with Gasteiger partial charge in [0.1, 0.15) is 5.75 Å². The molecule has 0 aromatic heterocycles. The second-order valence-electron chi connectivity index (χ2n) is 7.90. The number of methoxy groups -OCH3 is 1. The van der Waals surface area contributed by atoms with Crippen molar-refractivity contribution < 1.29 is 18.3 Å². The van der Waals surface area contributed by atoms with Crippen molar-refractivity contribution in [2.75, 3.05) is 13.7 Å². The van der Waals surface area contributed by atoms with E-state index in [9.17, 15) is 18.8 Å². The number of carbonyl (C=O) groups is 1. The summed E-state index contributed by atoms with van der Waals surface area (Å²) in [5, 5.41) is 15.9. The maximum atomic E-state index is 13.4. The van der Waals surface area contributed by atoms with Crippen molar-refractivity contribution in [1.82, 2.24) is 10.6 Å². The van der Waals surface area contributed by atoms with Gasteiger partial charge < -0.3 is 15.4 Å². The lowest BCUT2D eigenvalue weighted by Gasteiger charge is -2.33. The highest BCUT2D eigenvalue weighted by molar-refractivity contribution is 5.94. The first kappa shape index (κ1) is 22.7. The first-order chi connectivity index (χ1) is 15.0. The molecule has 31 heavy (non-hydrogen) atoms. The largest absolute Gasteiger partial charge is 0.497 e. The molecule has 1 aliphatic rings. The predicted molar refractivity (Wildman–Crippen MR) is 114 cm³/mol. The van der Waals surface area contributed by atoms with Crippen LogP contribution >= 0.6 is 0 Å². The number of ether oxygens (including phenoxy) is 1.